The molecule has 0 radical (unpaired) electrons. The largest absolute Gasteiger partial charge is 0.497 e. The van der Waals surface area contributed by atoms with Gasteiger partial charge in [-0.1, -0.05) is 56.3 Å². The van der Waals surface area contributed by atoms with E-state index in [9.17, 15) is 9.59 Å². The van der Waals surface area contributed by atoms with Gasteiger partial charge in [0, 0.05) is 25.4 Å². The lowest BCUT2D eigenvalue weighted by atomic mass is 10.0. The Morgan fingerprint density at radius 1 is 1.03 bits per heavy atom. The van der Waals surface area contributed by atoms with Gasteiger partial charge in [-0.05, 0) is 43.0 Å². The van der Waals surface area contributed by atoms with Crippen LogP contribution < -0.4 is 10.1 Å². The van der Waals surface area contributed by atoms with E-state index >= 15 is 0 Å². The van der Waals surface area contributed by atoms with Gasteiger partial charge in [-0.25, -0.2) is 0 Å². The number of hydrogen-bond acceptors (Lipinski definition) is 3. The van der Waals surface area contributed by atoms with E-state index in [1.165, 1.54) is 0 Å². The van der Waals surface area contributed by atoms with E-state index in [1.807, 2.05) is 75.4 Å². The number of carbonyl (C=O) groups excluding carboxylic acids is 2. The van der Waals surface area contributed by atoms with Gasteiger partial charge in [0.05, 0.1) is 7.11 Å². The van der Waals surface area contributed by atoms with Crippen molar-refractivity contribution in [2.24, 2.45) is 0 Å². The maximum atomic E-state index is 13.3. The molecule has 0 fully saturated rings. The summed E-state index contributed by atoms with van der Waals surface area (Å²) in [4.78, 5) is 28.1. The van der Waals surface area contributed by atoms with E-state index in [2.05, 4.69) is 5.32 Å². The molecule has 2 unspecified atom stereocenters. The molecule has 2 aromatic carbocycles. The third kappa shape index (κ3) is 6.90. The van der Waals surface area contributed by atoms with Crippen LogP contribution in [0.4, 0.5) is 0 Å². The summed E-state index contributed by atoms with van der Waals surface area (Å²) in [6.45, 7) is 6.36. The molecule has 5 nitrogen and oxygen atoms in total. The highest BCUT2D eigenvalue weighted by atomic mass is 16.5. The number of carbonyl (C=O) groups is 2. The van der Waals surface area contributed by atoms with Gasteiger partial charge in [-0.3, -0.25) is 9.59 Å². The normalized spacial score (nSPS) is 12.7. The Kier molecular flexibility index (Phi) is 9.39. The predicted octanol–water partition coefficient (Wildman–Crippen LogP) is 4.35. The van der Waals surface area contributed by atoms with Gasteiger partial charge in [0.2, 0.25) is 11.8 Å². The number of methoxy groups -OCH3 is 1. The molecule has 0 bridgehead atoms. The summed E-state index contributed by atoms with van der Waals surface area (Å²) in [6, 6.07) is 17.0. The van der Waals surface area contributed by atoms with Gasteiger partial charge < -0.3 is 15.0 Å². The number of benzene rings is 2. The Hall–Kier alpha value is -2.82. The molecule has 5 heteroatoms. The zero-order valence-corrected chi connectivity index (χ0v) is 18.6. The van der Waals surface area contributed by atoms with E-state index in [0.29, 0.717) is 19.4 Å². The minimum atomic E-state index is -0.577. The Bertz CT molecular complexity index is 807. The third-order valence-electron chi connectivity index (χ3n) is 5.22. The SMILES string of the molecule is CCCC(=O)N(Cc1cccc(OC)c1)C(Cc1ccccc1)C(=O)NC(C)CC. The van der Waals surface area contributed by atoms with Crippen molar-refractivity contribution in [3.05, 3.63) is 65.7 Å². The van der Waals surface area contributed by atoms with Crippen LogP contribution in [0.3, 0.4) is 0 Å². The lowest BCUT2D eigenvalue weighted by Gasteiger charge is -2.32. The van der Waals surface area contributed by atoms with Crippen molar-refractivity contribution in [2.45, 2.75) is 65.1 Å². The Morgan fingerprint density at radius 3 is 2.37 bits per heavy atom. The first kappa shape index (κ1) is 23.5. The summed E-state index contributed by atoms with van der Waals surface area (Å²) in [5.41, 5.74) is 1.97. The molecule has 0 aliphatic rings. The average Bonchev–Trinajstić information content (AvgIpc) is 2.76. The topological polar surface area (TPSA) is 58.6 Å². The van der Waals surface area contributed by atoms with Crippen LogP contribution in [0.15, 0.2) is 54.6 Å². The van der Waals surface area contributed by atoms with Gasteiger partial charge >= 0.3 is 0 Å². The number of hydrogen-bond donors (Lipinski definition) is 1. The zero-order valence-electron chi connectivity index (χ0n) is 18.6. The van der Waals surface area contributed by atoms with E-state index in [4.69, 9.17) is 4.74 Å². The molecule has 0 saturated heterocycles. The van der Waals surface area contributed by atoms with Gasteiger partial charge in [-0.2, -0.15) is 0 Å². The van der Waals surface area contributed by atoms with E-state index in [0.717, 1.165) is 29.7 Å². The summed E-state index contributed by atoms with van der Waals surface area (Å²) in [6.07, 6.45) is 2.45. The number of rotatable bonds is 11. The number of amides is 2. The molecule has 162 valence electrons. The van der Waals surface area contributed by atoms with Crippen molar-refractivity contribution < 1.29 is 14.3 Å². The van der Waals surface area contributed by atoms with Gasteiger partial charge in [0.25, 0.3) is 0 Å². The number of nitrogens with one attached hydrogen (secondary N) is 1. The fourth-order valence-electron chi connectivity index (χ4n) is 3.32. The van der Waals surface area contributed by atoms with Crippen LogP contribution in [0.25, 0.3) is 0 Å². The molecule has 2 atom stereocenters. The Morgan fingerprint density at radius 2 is 1.73 bits per heavy atom. The van der Waals surface area contributed by atoms with Crippen LogP contribution >= 0.6 is 0 Å². The average molecular weight is 411 g/mol. The first-order chi connectivity index (χ1) is 14.5. The minimum absolute atomic E-state index is 0.0134. The highest BCUT2D eigenvalue weighted by Crippen LogP contribution is 2.19. The molecule has 30 heavy (non-hydrogen) atoms. The Balaban J connectivity index is 2.38. The zero-order chi connectivity index (χ0) is 21.9. The third-order valence-corrected chi connectivity index (χ3v) is 5.22. The molecule has 0 aliphatic heterocycles. The standard InChI is InChI=1S/C25H34N2O3/c1-5-11-24(28)27(18-21-14-10-15-22(16-21)30-4)23(25(29)26-19(3)6-2)17-20-12-8-7-9-13-20/h7-10,12-16,19,23H,5-6,11,17-18H2,1-4H3,(H,26,29). The quantitative estimate of drug-likeness (QED) is 0.599. The van der Waals surface area contributed by atoms with Crippen molar-refractivity contribution in [1.82, 2.24) is 10.2 Å². The van der Waals surface area contributed by atoms with Crippen molar-refractivity contribution in [1.29, 1.82) is 0 Å². The molecule has 2 rings (SSSR count). The molecule has 0 spiro atoms. The smallest absolute Gasteiger partial charge is 0.243 e. The minimum Gasteiger partial charge on any atom is -0.497 e. The van der Waals surface area contributed by atoms with E-state index in [-0.39, 0.29) is 17.9 Å². The van der Waals surface area contributed by atoms with Crippen LogP contribution in [0.2, 0.25) is 0 Å². The summed E-state index contributed by atoms with van der Waals surface area (Å²) in [5, 5.41) is 3.08. The molecule has 2 aromatic rings. The monoisotopic (exact) mass is 410 g/mol. The number of ether oxygens (including phenoxy) is 1. The predicted molar refractivity (Wildman–Crippen MR) is 120 cm³/mol. The van der Waals surface area contributed by atoms with E-state index in [1.54, 1.807) is 12.0 Å². The summed E-state index contributed by atoms with van der Waals surface area (Å²) in [5.74, 6) is 0.611. The fourth-order valence-corrected chi connectivity index (χ4v) is 3.32. The summed E-state index contributed by atoms with van der Waals surface area (Å²) >= 11 is 0. The highest BCUT2D eigenvalue weighted by molar-refractivity contribution is 5.88. The molecular formula is C25H34N2O3. The fraction of sp³-hybridized carbons (Fsp3) is 0.440. The summed E-state index contributed by atoms with van der Waals surface area (Å²) in [7, 11) is 1.62. The van der Waals surface area contributed by atoms with Crippen LogP contribution in [0.5, 0.6) is 5.75 Å². The maximum absolute atomic E-state index is 13.3. The van der Waals surface area contributed by atoms with Crippen molar-refractivity contribution >= 4 is 11.8 Å². The molecule has 0 heterocycles. The molecule has 0 saturated carbocycles. The van der Waals surface area contributed by atoms with Gasteiger partial charge in [-0.15, -0.1) is 0 Å². The van der Waals surface area contributed by atoms with Crippen LogP contribution in [-0.4, -0.2) is 35.9 Å². The molecule has 2 amide bonds. The first-order valence-corrected chi connectivity index (χ1v) is 10.7. The van der Waals surface area contributed by atoms with Crippen LogP contribution in [-0.2, 0) is 22.6 Å². The van der Waals surface area contributed by atoms with Crippen molar-refractivity contribution in [3.8, 4) is 5.75 Å². The lowest BCUT2D eigenvalue weighted by Crippen LogP contribution is -2.52. The molecular weight excluding hydrogens is 376 g/mol. The second-order valence-corrected chi connectivity index (χ2v) is 7.65. The number of nitrogens with zero attached hydrogens (tertiary/aromatic N) is 1. The van der Waals surface area contributed by atoms with E-state index < -0.39 is 6.04 Å². The van der Waals surface area contributed by atoms with Gasteiger partial charge in [0.1, 0.15) is 11.8 Å². The maximum Gasteiger partial charge on any atom is 0.243 e. The summed E-state index contributed by atoms with van der Waals surface area (Å²) < 4.78 is 5.33. The molecule has 0 aliphatic carbocycles. The van der Waals surface area contributed by atoms with Crippen LogP contribution in [0, 0.1) is 0 Å². The molecule has 1 N–H and O–H groups in total. The van der Waals surface area contributed by atoms with Crippen molar-refractivity contribution in [2.75, 3.05) is 7.11 Å². The van der Waals surface area contributed by atoms with Crippen molar-refractivity contribution in [3.63, 3.8) is 0 Å². The van der Waals surface area contributed by atoms with Gasteiger partial charge in [0.15, 0.2) is 0 Å². The van der Waals surface area contributed by atoms with Crippen LogP contribution in [0.1, 0.15) is 51.2 Å². The first-order valence-electron chi connectivity index (χ1n) is 10.7. The second-order valence-electron chi connectivity index (χ2n) is 7.65. The highest BCUT2D eigenvalue weighted by Gasteiger charge is 2.30. The second kappa shape index (κ2) is 12.0. The molecule has 0 aromatic heterocycles. The lowest BCUT2D eigenvalue weighted by molar-refractivity contribution is -0.141. The Labute approximate surface area is 180 Å².